The molecule has 0 bridgehead atoms. The highest BCUT2D eigenvalue weighted by Gasteiger charge is 2.12. The Hall–Kier alpha value is -1.68. The van der Waals surface area contributed by atoms with Crippen LogP contribution in [0.3, 0.4) is 0 Å². The third-order valence-electron chi connectivity index (χ3n) is 2.52. The zero-order valence-electron chi connectivity index (χ0n) is 10.2. The van der Waals surface area contributed by atoms with Crippen LogP contribution in [-0.2, 0) is 0 Å². The lowest BCUT2D eigenvalue weighted by atomic mass is 10.2. The van der Waals surface area contributed by atoms with Gasteiger partial charge in [-0.05, 0) is 44.2 Å². The topological polar surface area (TPSA) is 26.3 Å². The summed E-state index contributed by atoms with van der Waals surface area (Å²) in [6, 6.07) is 7.50. The molecule has 0 saturated heterocycles. The smallest absolute Gasteiger partial charge is 0.201 e. The van der Waals surface area contributed by atoms with Crippen molar-refractivity contribution in [1.82, 2.24) is 0 Å². The van der Waals surface area contributed by atoms with Gasteiger partial charge in [0.1, 0.15) is 11.6 Å². The number of benzene rings is 1. The number of hydrogen-bond acceptors (Lipinski definition) is 3. The molecule has 2 aromatic rings. The van der Waals surface area contributed by atoms with Crippen molar-refractivity contribution in [2.24, 2.45) is 0 Å². The molecule has 4 heteroatoms. The first-order valence-electron chi connectivity index (χ1n) is 5.55. The van der Waals surface area contributed by atoms with E-state index in [-0.39, 0.29) is 18.2 Å². The summed E-state index contributed by atoms with van der Waals surface area (Å²) in [7, 11) is 0. The molecule has 0 atom stereocenters. The molecular weight excluding hydrogens is 251 g/mol. The number of halogens is 1. The minimum atomic E-state index is -0.321. The molecule has 1 heterocycles. The molecule has 94 valence electrons. The molecule has 0 saturated carbocycles. The minimum absolute atomic E-state index is 0.0252. The largest absolute Gasteiger partial charge is 0.485 e. The average Bonchev–Trinajstić information content (AvgIpc) is 2.67. The molecule has 0 aliphatic rings. The molecule has 1 aromatic carbocycles. The van der Waals surface area contributed by atoms with Gasteiger partial charge in [0, 0.05) is 15.3 Å². The zero-order chi connectivity index (χ0) is 13.1. The van der Waals surface area contributed by atoms with Crippen LogP contribution >= 0.6 is 11.3 Å². The molecule has 2 rings (SSSR count). The van der Waals surface area contributed by atoms with E-state index in [0.717, 1.165) is 9.75 Å². The van der Waals surface area contributed by atoms with Crippen LogP contribution in [-0.4, -0.2) is 12.4 Å². The van der Waals surface area contributed by atoms with Gasteiger partial charge in [0.2, 0.25) is 5.78 Å². The summed E-state index contributed by atoms with van der Waals surface area (Å²) in [6.07, 6.45) is 0. The maximum Gasteiger partial charge on any atom is 0.201 e. The highest BCUT2D eigenvalue weighted by Crippen LogP contribution is 2.21. The van der Waals surface area contributed by atoms with Crippen molar-refractivity contribution in [2.75, 3.05) is 6.61 Å². The van der Waals surface area contributed by atoms with Gasteiger partial charge >= 0.3 is 0 Å². The van der Waals surface area contributed by atoms with Crippen LogP contribution < -0.4 is 4.74 Å². The molecule has 0 N–H and O–H groups in total. The van der Waals surface area contributed by atoms with Gasteiger partial charge in [-0.25, -0.2) is 4.39 Å². The normalized spacial score (nSPS) is 10.4. The van der Waals surface area contributed by atoms with Gasteiger partial charge in [-0.3, -0.25) is 4.79 Å². The molecule has 0 fully saturated rings. The van der Waals surface area contributed by atoms with Crippen molar-refractivity contribution in [3.63, 3.8) is 0 Å². The number of Topliss-reactive ketones (excluding diaryl/α,β-unsaturated/α-hetero) is 1. The third kappa shape index (κ3) is 2.96. The predicted octanol–water partition coefficient (Wildman–Crippen LogP) is 3.77. The quantitative estimate of drug-likeness (QED) is 0.786. The van der Waals surface area contributed by atoms with E-state index in [2.05, 4.69) is 0 Å². The van der Waals surface area contributed by atoms with E-state index in [1.54, 1.807) is 11.3 Å². The van der Waals surface area contributed by atoms with Crippen molar-refractivity contribution in [3.05, 3.63) is 51.5 Å². The van der Waals surface area contributed by atoms with E-state index < -0.39 is 0 Å². The molecule has 18 heavy (non-hydrogen) atoms. The van der Waals surface area contributed by atoms with E-state index in [1.165, 1.54) is 24.3 Å². The lowest BCUT2D eigenvalue weighted by Crippen LogP contribution is -2.11. The summed E-state index contributed by atoms with van der Waals surface area (Å²) in [5, 5.41) is 0. The summed E-state index contributed by atoms with van der Waals surface area (Å²) in [5.74, 6) is 0.119. The van der Waals surface area contributed by atoms with E-state index in [0.29, 0.717) is 11.3 Å². The second-order valence-electron chi connectivity index (χ2n) is 3.99. The first-order chi connectivity index (χ1) is 8.56. The number of hydrogen-bond donors (Lipinski definition) is 0. The maximum atomic E-state index is 12.7. The Labute approximate surface area is 109 Å². The van der Waals surface area contributed by atoms with Crippen LogP contribution in [0.1, 0.15) is 20.1 Å². The van der Waals surface area contributed by atoms with Crippen molar-refractivity contribution in [1.29, 1.82) is 0 Å². The monoisotopic (exact) mass is 264 g/mol. The van der Waals surface area contributed by atoms with Crippen LogP contribution in [0.5, 0.6) is 5.75 Å². The van der Waals surface area contributed by atoms with Crippen molar-refractivity contribution in [3.8, 4) is 5.75 Å². The number of carbonyl (C=O) groups is 1. The Morgan fingerprint density at radius 1 is 1.28 bits per heavy atom. The Balaban J connectivity index is 2.00. The van der Waals surface area contributed by atoms with Crippen LogP contribution in [0.2, 0.25) is 0 Å². The van der Waals surface area contributed by atoms with E-state index in [4.69, 9.17) is 4.74 Å². The second kappa shape index (κ2) is 5.31. The number of ether oxygens (including phenoxy) is 1. The Bertz CT molecular complexity index is 558. The maximum absolute atomic E-state index is 12.7. The van der Waals surface area contributed by atoms with Gasteiger partial charge in [-0.2, -0.15) is 0 Å². The van der Waals surface area contributed by atoms with Crippen LogP contribution in [0.15, 0.2) is 30.3 Å². The summed E-state index contributed by atoms with van der Waals surface area (Å²) in [6.45, 7) is 3.86. The number of rotatable bonds is 4. The van der Waals surface area contributed by atoms with Gasteiger partial charge in [-0.15, -0.1) is 11.3 Å². The molecule has 1 aromatic heterocycles. The van der Waals surface area contributed by atoms with Gasteiger partial charge < -0.3 is 4.74 Å². The number of aryl methyl sites for hydroxylation is 2. The first kappa shape index (κ1) is 12.8. The van der Waals surface area contributed by atoms with Crippen LogP contribution in [0.4, 0.5) is 4.39 Å². The van der Waals surface area contributed by atoms with Crippen molar-refractivity contribution < 1.29 is 13.9 Å². The van der Waals surface area contributed by atoms with E-state index in [9.17, 15) is 9.18 Å². The van der Waals surface area contributed by atoms with Crippen molar-refractivity contribution in [2.45, 2.75) is 13.8 Å². The Kier molecular flexibility index (Phi) is 3.77. The molecular formula is C14H13FO2S. The van der Waals surface area contributed by atoms with Gasteiger partial charge in [0.05, 0.1) is 0 Å². The average molecular weight is 264 g/mol. The van der Waals surface area contributed by atoms with Crippen molar-refractivity contribution >= 4 is 17.1 Å². The van der Waals surface area contributed by atoms with Gasteiger partial charge in [0.25, 0.3) is 0 Å². The van der Waals surface area contributed by atoms with Gasteiger partial charge in [-0.1, -0.05) is 0 Å². The summed E-state index contributed by atoms with van der Waals surface area (Å²) >= 11 is 1.60. The molecule has 0 spiro atoms. The second-order valence-corrected chi connectivity index (χ2v) is 5.45. The van der Waals surface area contributed by atoms with Gasteiger partial charge in [0.15, 0.2) is 6.61 Å². The summed E-state index contributed by atoms with van der Waals surface area (Å²) in [5.41, 5.74) is 0.708. The van der Waals surface area contributed by atoms with E-state index in [1.807, 2.05) is 19.9 Å². The summed E-state index contributed by atoms with van der Waals surface area (Å²) in [4.78, 5) is 14.0. The SMILES string of the molecule is Cc1cc(C(=O)COc2ccc(F)cc2)c(C)s1. The Morgan fingerprint density at radius 2 is 1.94 bits per heavy atom. The fourth-order valence-electron chi connectivity index (χ4n) is 1.67. The third-order valence-corrected chi connectivity index (χ3v) is 3.49. The molecule has 0 aliphatic heterocycles. The zero-order valence-corrected chi connectivity index (χ0v) is 11.0. The molecule has 0 unspecified atom stereocenters. The van der Waals surface area contributed by atoms with E-state index >= 15 is 0 Å². The summed E-state index contributed by atoms with van der Waals surface area (Å²) < 4.78 is 18.0. The van der Waals surface area contributed by atoms with Crippen LogP contribution in [0, 0.1) is 19.7 Å². The highest BCUT2D eigenvalue weighted by molar-refractivity contribution is 7.12. The minimum Gasteiger partial charge on any atom is -0.485 e. The van der Waals surface area contributed by atoms with Crippen LogP contribution in [0.25, 0.3) is 0 Å². The number of carbonyl (C=O) groups excluding carboxylic acids is 1. The standard InChI is InChI=1S/C14H13FO2S/c1-9-7-13(10(2)18-9)14(16)8-17-12-5-3-11(15)4-6-12/h3-7H,8H2,1-2H3. The molecule has 0 amide bonds. The predicted molar refractivity (Wildman–Crippen MR) is 70.0 cm³/mol. The highest BCUT2D eigenvalue weighted by atomic mass is 32.1. The lowest BCUT2D eigenvalue weighted by Gasteiger charge is -2.04. The molecule has 0 radical (unpaired) electrons. The lowest BCUT2D eigenvalue weighted by molar-refractivity contribution is 0.0921. The molecule has 0 aliphatic carbocycles. The fraction of sp³-hybridized carbons (Fsp3) is 0.214. The Morgan fingerprint density at radius 3 is 2.50 bits per heavy atom. The number of ketones is 1. The first-order valence-corrected chi connectivity index (χ1v) is 6.36. The number of thiophene rings is 1. The molecule has 2 nitrogen and oxygen atoms in total. The fourth-order valence-corrected chi connectivity index (χ4v) is 2.61.